The smallest absolute Gasteiger partial charge is 0.117 e. The number of thiophene rings is 1. The molecule has 4 heteroatoms. The summed E-state index contributed by atoms with van der Waals surface area (Å²) in [5.41, 5.74) is 9.35. The molecule has 21 heavy (non-hydrogen) atoms. The molecule has 3 rings (SSSR count). The zero-order chi connectivity index (χ0) is 14.8. The van der Waals surface area contributed by atoms with Gasteiger partial charge in [0.1, 0.15) is 5.75 Å². The second-order valence-corrected chi connectivity index (χ2v) is 6.80. The van der Waals surface area contributed by atoms with Crippen LogP contribution < -0.4 is 5.73 Å². The molecule has 0 amide bonds. The first-order chi connectivity index (χ1) is 10.2. The van der Waals surface area contributed by atoms with E-state index in [1.807, 2.05) is 18.2 Å². The van der Waals surface area contributed by atoms with Gasteiger partial charge in [-0.3, -0.25) is 0 Å². The highest BCUT2D eigenvalue weighted by Crippen LogP contribution is 2.36. The standard InChI is InChI=1S/C17H18NOPS/c18-15-6-4-12(8-11(15)2-1-7-20)16-9-13-3-5-14(19)10-17(13)21-16/h3-6,8-10,19H,1-2,7,18,20H2. The Morgan fingerprint density at radius 3 is 2.76 bits per heavy atom. The van der Waals surface area contributed by atoms with Gasteiger partial charge in [-0.1, -0.05) is 6.07 Å². The van der Waals surface area contributed by atoms with Crippen LogP contribution in [0.4, 0.5) is 5.69 Å². The highest BCUT2D eigenvalue weighted by Gasteiger charge is 2.07. The van der Waals surface area contributed by atoms with Gasteiger partial charge < -0.3 is 10.8 Å². The summed E-state index contributed by atoms with van der Waals surface area (Å²) in [5, 5.41) is 10.7. The minimum atomic E-state index is 0.314. The summed E-state index contributed by atoms with van der Waals surface area (Å²) in [7, 11) is 2.76. The van der Waals surface area contributed by atoms with Gasteiger partial charge in [0.2, 0.25) is 0 Å². The molecule has 0 aliphatic heterocycles. The summed E-state index contributed by atoms with van der Waals surface area (Å²) < 4.78 is 1.10. The fraction of sp³-hybridized carbons (Fsp3) is 0.176. The second-order valence-electron chi connectivity index (χ2n) is 5.14. The van der Waals surface area contributed by atoms with E-state index in [0.717, 1.165) is 34.8 Å². The number of hydrogen-bond acceptors (Lipinski definition) is 3. The molecule has 3 aromatic rings. The zero-order valence-electron chi connectivity index (χ0n) is 11.7. The maximum atomic E-state index is 9.58. The highest BCUT2D eigenvalue weighted by molar-refractivity contribution is 7.22. The zero-order valence-corrected chi connectivity index (χ0v) is 13.6. The number of nitrogens with two attached hydrogens (primary N) is 1. The lowest BCUT2D eigenvalue weighted by atomic mass is 10.0. The number of phenolic OH excluding ortho intramolecular Hbond substituents is 1. The van der Waals surface area contributed by atoms with Crippen molar-refractivity contribution in [1.82, 2.24) is 0 Å². The summed E-state index contributed by atoms with van der Waals surface area (Å²) in [6, 6.07) is 13.9. The molecule has 1 heterocycles. The molecule has 0 saturated heterocycles. The Hall–Kier alpha value is -1.57. The SMILES string of the molecule is Nc1ccc(-c2cc3ccc(O)cc3s2)cc1CCCP. The van der Waals surface area contributed by atoms with Gasteiger partial charge in [-0.15, -0.1) is 20.6 Å². The summed E-state index contributed by atoms with van der Waals surface area (Å²) in [5.74, 6) is 0.314. The van der Waals surface area contributed by atoms with Gasteiger partial charge in [-0.2, -0.15) is 0 Å². The molecule has 3 N–H and O–H groups in total. The van der Waals surface area contributed by atoms with Gasteiger partial charge >= 0.3 is 0 Å². The van der Waals surface area contributed by atoms with Crippen LogP contribution in [-0.4, -0.2) is 11.3 Å². The maximum absolute atomic E-state index is 9.58. The van der Waals surface area contributed by atoms with Crippen molar-refractivity contribution in [2.24, 2.45) is 0 Å². The van der Waals surface area contributed by atoms with E-state index in [4.69, 9.17) is 5.73 Å². The average molecular weight is 315 g/mol. The largest absolute Gasteiger partial charge is 0.508 e. The number of aryl methyl sites for hydroxylation is 1. The van der Waals surface area contributed by atoms with Gasteiger partial charge in [0, 0.05) is 15.3 Å². The highest BCUT2D eigenvalue weighted by atomic mass is 32.1. The minimum absolute atomic E-state index is 0.314. The van der Waals surface area contributed by atoms with Crippen molar-refractivity contribution in [2.45, 2.75) is 12.8 Å². The van der Waals surface area contributed by atoms with Gasteiger partial charge in [0.15, 0.2) is 0 Å². The second kappa shape index (κ2) is 6.05. The monoisotopic (exact) mass is 315 g/mol. The molecule has 2 aromatic carbocycles. The molecular formula is C17H18NOPS. The predicted molar refractivity (Wildman–Crippen MR) is 96.2 cm³/mol. The van der Waals surface area contributed by atoms with Crippen molar-refractivity contribution in [3.05, 3.63) is 48.0 Å². The Balaban J connectivity index is 2.01. The van der Waals surface area contributed by atoms with Crippen LogP contribution in [0.15, 0.2) is 42.5 Å². The van der Waals surface area contributed by atoms with E-state index in [1.165, 1.54) is 16.0 Å². The van der Waals surface area contributed by atoms with E-state index in [2.05, 4.69) is 27.4 Å². The van der Waals surface area contributed by atoms with Crippen LogP contribution >= 0.6 is 20.6 Å². The molecular weight excluding hydrogens is 297 g/mol. The molecule has 0 aliphatic carbocycles. The molecule has 0 aliphatic rings. The molecule has 1 unspecified atom stereocenters. The van der Waals surface area contributed by atoms with E-state index in [-0.39, 0.29) is 0 Å². The van der Waals surface area contributed by atoms with Crippen molar-refractivity contribution in [3.63, 3.8) is 0 Å². The molecule has 2 nitrogen and oxygen atoms in total. The Kier molecular flexibility index (Phi) is 4.14. The first kappa shape index (κ1) is 14.4. The fourth-order valence-electron chi connectivity index (χ4n) is 2.43. The van der Waals surface area contributed by atoms with E-state index < -0.39 is 0 Å². The number of phenols is 1. The van der Waals surface area contributed by atoms with Crippen LogP contribution in [0, 0.1) is 0 Å². The number of anilines is 1. The van der Waals surface area contributed by atoms with Crippen LogP contribution in [0.25, 0.3) is 20.5 Å². The predicted octanol–water partition coefficient (Wildman–Crippen LogP) is 4.66. The minimum Gasteiger partial charge on any atom is -0.508 e. The van der Waals surface area contributed by atoms with Gasteiger partial charge in [-0.05, 0) is 71.9 Å². The first-order valence-electron chi connectivity index (χ1n) is 6.99. The number of fused-ring (bicyclic) bond motifs is 1. The summed E-state index contributed by atoms with van der Waals surface area (Å²) >= 11 is 1.70. The summed E-state index contributed by atoms with van der Waals surface area (Å²) in [4.78, 5) is 1.21. The summed E-state index contributed by atoms with van der Waals surface area (Å²) in [6.07, 6.45) is 3.22. The van der Waals surface area contributed by atoms with E-state index in [9.17, 15) is 5.11 Å². The maximum Gasteiger partial charge on any atom is 0.117 e. The molecule has 0 saturated carbocycles. The van der Waals surface area contributed by atoms with Crippen molar-refractivity contribution < 1.29 is 5.11 Å². The van der Waals surface area contributed by atoms with Gasteiger partial charge in [0.05, 0.1) is 0 Å². The summed E-state index contributed by atoms with van der Waals surface area (Å²) in [6.45, 7) is 0. The first-order valence-corrected chi connectivity index (χ1v) is 8.62. The molecule has 108 valence electrons. The topological polar surface area (TPSA) is 46.2 Å². The van der Waals surface area contributed by atoms with E-state index in [1.54, 1.807) is 17.4 Å². The van der Waals surface area contributed by atoms with Gasteiger partial charge in [0.25, 0.3) is 0 Å². The fourth-order valence-corrected chi connectivity index (χ4v) is 3.73. The van der Waals surface area contributed by atoms with E-state index >= 15 is 0 Å². The van der Waals surface area contributed by atoms with Crippen molar-refractivity contribution >= 4 is 36.4 Å². The molecule has 1 atom stereocenters. The Morgan fingerprint density at radius 1 is 1.10 bits per heavy atom. The Bertz CT molecular complexity index is 782. The van der Waals surface area contributed by atoms with Crippen molar-refractivity contribution in [3.8, 4) is 16.2 Å². The molecule has 0 fully saturated rings. The molecule has 1 aromatic heterocycles. The Labute approximate surface area is 130 Å². The average Bonchev–Trinajstić information content (AvgIpc) is 2.89. The number of nitrogen functional groups attached to an aromatic ring is 1. The normalized spacial score (nSPS) is 11.1. The van der Waals surface area contributed by atoms with Crippen molar-refractivity contribution in [1.29, 1.82) is 0 Å². The van der Waals surface area contributed by atoms with Crippen LogP contribution in [0.2, 0.25) is 0 Å². The number of benzene rings is 2. The van der Waals surface area contributed by atoms with Crippen LogP contribution in [0.3, 0.4) is 0 Å². The lowest BCUT2D eigenvalue weighted by Gasteiger charge is -2.07. The molecule has 0 spiro atoms. The van der Waals surface area contributed by atoms with Crippen molar-refractivity contribution in [2.75, 3.05) is 11.9 Å². The third-order valence-corrected chi connectivity index (χ3v) is 5.14. The lowest BCUT2D eigenvalue weighted by molar-refractivity contribution is 0.476. The van der Waals surface area contributed by atoms with Crippen LogP contribution in [0.1, 0.15) is 12.0 Å². The molecule has 0 radical (unpaired) electrons. The lowest BCUT2D eigenvalue weighted by Crippen LogP contribution is -1.95. The quantitative estimate of drug-likeness (QED) is 0.543. The van der Waals surface area contributed by atoms with Gasteiger partial charge in [-0.25, -0.2) is 0 Å². The van der Waals surface area contributed by atoms with E-state index in [0.29, 0.717) is 5.75 Å². The molecule has 0 bridgehead atoms. The third-order valence-electron chi connectivity index (χ3n) is 3.58. The Morgan fingerprint density at radius 2 is 1.95 bits per heavy atom. The number of rotatable bonds is 4. The third kappa shape index (κ3) is 3.04. The number of hydrogen-bond donors (Lipinski definition) is 2. The van der Waals surface area contributed by atoms with Crippen LogP contribution in [0.5, 0.6) is 5.75 Å². The number of aromatic hydroxyl groups is 1. The van der Waals surface area contributed by atoms with Crippen LogP contribution in [-0.2, 0) is 6.42 Å².